The monoisotopic (exact) mass is 422 g/mol. The number of carbonyl (C=O) groups is 2. The summed E-state index contributed by atoms with van der Waals surface area (Å²) in [5, 5.41) is 5.78. The summed E-state index contributed by atoms with van der Waals surface area (Å²) in [7, 11) is -3.13. The van der Waals surface area contributed by atoms with Crippen molar-refractivity contribution >= 4 is 20.3 Å². The first-order chi connectivity index (χ1) is 12.9. The molecule has 0 saturated carbocycles. The Morgan fingerprint density at radius 1 is 1.21 bits per heavy atom. The number of hydrogen-bond donors (Lipinski definition) is 4. The molecule has 0 aromatic rings. The van der Waals surface area contributed by atoms with Crippen molar-refractivity contribution in [1.29, 1.82) is 0 Å². The fourth-order valence-corrected chi connectivity index (χ4v) is 2.71. The van der Waals surface area contributed by atoms with Crippen LogP contribution in [0.1, 0.15) is 60.8 Å². The summed E-state index contributed by atoms with van der Waals surface area (Å²) in [4.78, 5) is 38.0. The zero-order chi connectivity index (χ0) is 21.9. The molecule has 2 amide bonds. The van der Waals surface area contributed by atoms with Crippen molar-refractivity contribution < 1.29 is 33.4 Å². The molecule has 0 bridgehead atoms. The molecule has 1 aliphatic rings. The first-order valence-corrected chi connectivity index (χ1v) is 10.7. The van der Waals surface area contributed by atoms with Crippen molar-refractivity contribution in [1.82, 2.24) is 10.6 Å². The van der Waals surface area contributed by atoms with Crippen LogP contribution in [0.2, 0.25) is 0 Å². The highest BCUT2D eigenvalue weighted by molar-refractivity contribution is 7.30. The maximum atomic E-state index is 12.1. The van der Waals surface area contributed by atoms with Crippen molar-refractivity contribution in [3.05, 3.63) is 12.2 Å². The smallest absolute Gasteiger partial charge is 0.407 e. The van der Waals surface area contributed by atoms with Crippen molar-refractivity contribution in [2.45, 2.75) is 90.7 Å². The fraction of sp³-hybridized carbons (Fsp3) is 0.778. The molecular formula is C18H35N2O7P. The van der Waals surface area contributed by atoms with Crippen molar-refractivity contribution in [3.8, 4) is 0 Å². The van der Waals surface area contributed by atoms with Gasteiger partial charge >= 0.3 is 14.3 Å². The fourth-order valence-electron chi connectivity index (χ4n) is 2.71. The van der Waals surface area contributed by atoms with Gasteiger partial charge in [-0.15, -0.1) is 0 Å². The van der Waals surface area contributed by atoms with Crippen LogP contribution in [0.3, 0.4) is 0 Å². The highest BCUT2D eigenvalue weighted by Gasteiger charge is 2.34. The molecule has 0 aliphatic heterocycles. The van der Waals surface area contributed by atoms with Gasteiger partial charge in [-0.25, -0.2) is 4.79 Å². The molecule has 0 spiro atoms. The van der Waals surface area contributed by atoms with Gasteiger partial charge in [0.05, 0.1) is 24.3 Å². The van der Waals surface area contributed by atoms with Crippen LogP contribution in [0.4, 0.5) is 4.79 Å². The molecule has 0 radical (unpaired) electrons. The van der Waals surface area contributed by atoms with Gasteiger partial charge in [-0.1, -0.05) is 26.0 Å². The molecule has 0 aromatic heterocycles. The van der Waals surface area contributed by atoms with Gasteiger partial charge in [-0.3, -0.25) is 9.36 Å². The van der Waals surface area contributed by atoms with E-state index in [0.29, 0.717) is 6.42 Å². The normalized spacial score (nSPS) is 21.7. The third kappa shape index (κ3) is 12.1. The van der Waals surface area contributed by atoms with E-state index in [9.17, 15) is 9.59 Å². The maximum Gasteiger partial charge on any atom is 0.407 e. The molecular weight excluding hydrogens is 387 g/mol. The third-order valence-corrected chi connectivity index (χ3v) is 3.84. The summed E-state index contributed by atoms with van der Waals surface area (Å²) < 4.78 is 20.2. The first kappa shape index (κ1) is 26.6. The molecule has 0 unspecified atom stereocenters. The molecule has 1 aliphatic carbocycles. The minimum Gasteiger partial charge on any atom is -0.444 e. The summed E-state index contributed by atoms with van der Waals surface area (Å²) in [6, 6.07) is -0.589. The van der Waals surface area contributed by atoms with E-state index in [1.165, 1.54) is 6.92 Å². The van der Waals surface area contributed by atoms with Crippen molar-refractivity contribution in [3.63, 3.8) is 0 Å². The Morgan fingerprint density at radius 2 is 1.75 bits per heavy atom. The summed E-state index contributed by atoms with van der Waals surface area (Å²) in [5.41, 5.74) is -0.566. The number of hydrogen-bond acceptors (Lipinski definition) is 5. The van der Waals surface area contributed by atoms with Crippen LogP contribution in [0.25, 0.3) is 0 Å². The average molecular weight is 422 g/mol. The minimum atomic E-state index is -3.13. The highest BCUT2D eigenvalue weighted by atomic mass is 31.1. The quantitative estimate of drug-likeness (QED) is 0.381. The van der Waals surface area contributed by atoms with Crippen molar-refractivity contribution in [2.24, 2.45) is 0 Å². The van der Waals surface area contributed by atoms with E-state index in [-0.39, 0.29) is 30.2 Å². The van der Waals surface area contributed by atoms with E-state index < -0.39 is 19.9 Å². The number of amides is 2. The molecule has 1 rings (SSSR count). The summed E-state index contributed by atoms with van der Waals surface area (Å²) in [6.45, 7) is 11.1. The van der Waals surface area contributed by atoms with Gasteiger partial charge in [0.25, 0.3) is 0 Å². The van der Waals surface area contributed by atoms with Gasteiger partial charge in [-0.2, -0.15) is 0 Å². The van der Waals surface area contributed by atoms with Gasteiger partial charge < -0.3 is 29.9 Å². The Balaban J connectivity index is 0.00000165. The van der Waals surface area contributed by atoms with E-state index in [1.54, 1.807) is 0 Å². The number of nitrogens with one attached hydrogen (secondary N) is 2. The van der Waals surface area contributed by atoms with Gasteiger partial charge in [0.2, 0.25) is 5.91 Å². The predicted octanol–water partition coefficient (Wildman–Crippen LogP) is 2.28. The lowest BCUT2D eigenvalue weighted by Crippen LogP contribution is -2.59. The molecule has 10 heteroatoms. The zero-order valence-corrected chi connectivity index (χ0v) is 18.5. The summed E-state index contributed by atoms with van der Waals surface area (Å²) in [6.07, 6.45) is 5.73. The first-order valence-electron chi connectivity index (χ1n) is 9.40. The molecule has 28 heavy (non-hydrogen) atoms. The molecule has 9 nitrogen and oxygen atoms in total. The molecule has 0 heterocycles. The Kier molecular flexibility index (Phi) is 12.3. The van der Waals surface area contributed by atoms with E-state index >= 15 is 0 Å². The largest absolute Gasteiger partial charge is 0.444 e. The standard InChI is InChI=1S/C18H32N2O4.H3O3P/c1-7-13(8-2)23-15-11-9-10-14(16(15)19-12(3)21)20-17(22)24-18(4,5)6;1-4(2)3/h9,11,13-16H,7-8,10H2,1-6H3,(H,19,21)(H,20,22);4H,(H2,1,2,3)/t14-,15+,16+;/m0./s1. The lowest BCUT2D eigenvalue weighted by atomic mass is 9.93. The SMILES string of the molecule is CCC(CC)O[C@@H]1C=CC[C@H](NC(=O)OC(C)(C)C)[C@H]1NC(C)=O.O=[PH](O)O. The van der Waals surface area contributed by atoms with Crippen molar-refractivity contribution in [2.75, 3.05) is 0 Å². The highest BCUT2D eigenvalue weighted by Crippen LogP contribution is 2.20. The Bertz CT molecular complexity index is 541. The molecule has 0 saturated heterocycles. The van der Waals surface area contributed by atoms with Crippen LogP contribution < -0.4 is 10.6 Å². The molecule has 4 N–H and O–H groups in total. The summed E-state index contributed by atoms with van der Waals surface area (Å²) in [5.74, 6) is -0.149. The van der Waals surface area contributed by atoms with Gasteiger partial charge in [-0.05, 0) is 40.0 Å². The molecule has 3 atom stereocenters. The van der Waals surface area contributed by atoms with Crippen LogP contribution in [0.15, 0.2) is 12.2 Å². The van der Waals surface area contributed by atoms with Crippen LogP contribution in [0, 0.1) is 0 Å². The van der Waals surface area contributed by atoms with Crippen LogP contribution in [0.5, 0.6) is 0 Å². The van der Waals surface area contributed by atoms with E-state index in [2.05, 4.69) is 24.5 Å². The third-order valence-electron chi connectivity index (χ3n) is 3.84. The lowest BCUT2D eigenvalue weighted by Gasteiger charge is -2.37. The van der Waals surface area contributed by atoms with E-state index in [4.69, 9.17) is 23.8 Å². The zero-order valence-electron chi connectivity index (χ0n) is 17.5. The van der Waals surface area contributed by atoms with Crippen LogP contribution >= 0.6 is 8.25 Å². The van der Waals surface area contributed by atoms with E-state index in [1.807, 2.05) is 32.9 Å². The Hall–Kier alpha value is -1.41. The second-order valence-corrected chi connectivity index (χ2v) is 8.03. The van der Waals surface area contributed by atoms with Crippen LogP contribution in [-0.4, -0.2) is 51.7 Å². The number of ether oxygens (including phenoxy) is 2. The maximum absolute atomic E-state index is 12.1. The molecule has 0 aromatic carbocycles. The molecule has 164 valence electrons. The number of alkyl carbamates (subject to hydrolysis) is 1. The van der Waals surface area contributed by atoms with E-state index in [0.717, 1.165) is 12.8 Å². The second-order valence-electron chi connectivity index (χ2n) is 7.46. The summed E-state index contributed by atoms with van der Waals surface area (Å²) >= 11 is 0. The minimum absolute atomic E-state index is 0.121. The number of carbonyl (C=O) groups excluding carboxylic acids is 2. The lowest BCUT2D eigenvalue weighted by molar-refractivity contribution is -0.121. The Morgan fingerprint density at radius 3 is 2.18 bits per heavy atom. The topological polar surface area (TPSA) is 134 Å². The van der Waals surface area contributed by atoms with Crippen LogP contribution in [-0.2, 0) is 18.8 Å². The average Bonchev–Trinajstić information content (AvgIpc) is 2.52. The molecule has 0 fully saturated rings. The van der Waals surface area contributed by atoms with Gasteiger partial charge in [0.1, 0.15) is 5.60 Å². The predicted molar refractivity (Wildman–Crippen MR) is 107 cm³/mol. The second kappa shape index (κ2) is 12.9. The van der Waals surface area contributed by atoms with Gasteiger partial charge in [0.15, 0.2) is 0 Å². The number of rotatable bonds is 6. The van der Waals surface area contributed by atoms with Gasteiger partial charge in [0, 0.05) is 6.92 Å². The Labute approximate surface area is 167 Å².